The molecule has 1 aromatic heterocycles. The van der Waals surface area contributed by atoms with Crippen LogP contribution >= 0.6 is 15.9 Å². The third kappa shape index (κ3) is 4.10. The number of aromatic nitrogens is 2. The lowest BCUT2D eigenvalue weighted by Crippen LogP contribution is -2.11. The third-order valence-corrected chi connectivity index (χ3v) is 3.86. The van der Waals surface area contributed by atoms with Crippen molar-refractivity contribution in [1.29, 1.82) is 0 Å². The Morgan fingerprint density at radius 3 is 2.83 bits per heavy atom. The van der Waals surface area contributed by atoms with Crippen molar-refractivity contribution < 1.29 is 9.47 Å². The number of anilines is 1. The van der Waals surface area contributed by atoms with Crippen LogP contribution in [0.2, 0.25) is 0 Å². The highest BCUT2D eigenvalue weighted by molar-refractivity contribution is 9.10. The highest BCUT2D eigenvalue weighted by Gasteiger charge is 2.11. The maximum atomic E-state index is 11.5. The van der Waals surface area contributed by atoms with E-state index in [9.17, 15) is 4.79 Å². The number of hydrogen-bond donors (Lipinski definition) is 2. The molecule has 0 radical (unpaired) electrons. The van der Waals surface area contributed by atoms with Crippen LogP contribution in [-0.2, 0) is 6.42 Å². The summed E-state index contributed by atoms with van der Waals surface area (Å²) in [7, 11) is 3.13. The van der Waals surface area contributed by atoms with Gasteiger partial charge in [-0.3, -0.25) is 9.78 Å². The minimum Gasteiger partial charge on any atom is -0.493 e. The van der Waals surface area contributed by atoms with Gasteiger partial charge in [0, 0.05) is 17.3 Å². The summed E-state index contributed by atoms with van der Waals surface area (Å²) < 4.78 is 11.2. The van der Waals surface area contributed by atoms with E-state index in [1.807, 2.05) is 13.0 Å². The van der Waals surface area contributed by atoms with E-state index in [1.54, 1.807) is 26.5 Å². The lowest BCUT2D eigenvalue weighted by Gasteiger charge is -2.10. The van der Waals surface area contributed by atoms with Gasteiger partial charge in [0.15, 0.2) is 11.5 Å². The van der Waals surface area contributed by atoms with Crippen LogP contribution in [0.25, 0.3) is 0 Å². The second-order valence-corrected chi connectivity index (χ2v) is 5.31. The van der Waals surface area contributed by atoms with Crippen molar-refractivity contribution in [2.45, 2.75) is 13.3 Å². The molecule has 122 valence electrons. The fraction of sp³-hybridized carbons (Fsp3) is 0.267. The van der Waals surface area contributed by atoms with Gasteiger partial charge < -0.3 is 9.47 Å². The topological polar surface area (TPSA) is 88.6 Å². The Bertz CT molecular complexity index is 774. The zero-order valence-electron chi connectivity index (χ0n) is 13.0. The molecule has 2 N–H and O–H groups in total. The van der Waals surface area contributed by atoms with Crippen LogP contribution in [0.4, 0.5) is 5.95 Å². The molecule has 0 amide bonds. The van der Waals surface area contributed by atoms with E-state index < -0.39 is 0 Å². The second kappa shape index (κ2) is 7.77. The van der Waals surface area contributed by atoms with Crippen molar-refractivity contribution in [2.24, 2.45) is 5.10 Å². The molecular weight excluding hydrogens is 364 g/mol. The first kappa shape index (κ1) is 17.0. The predicted octanol–water partition coefficient (Wildman–Crippen LogP) is 2.56. The quantitative estimate of drug-likeness (QED) is 0.593. The summed E-state index contributed by atoms with van der Waals surface area (Å²) >= 11 is 3.46. The molecular formula is C15H17BrN4O3. The molecule has 0 aliphatic rings. The number of H-pyrrole nitrogens is 1. The summed E-state index contributed by atoms with van der Waals surface area (Å²) in [4.78, 5) is 18.3. The fourth-order valence-corrected chi connectivity index (χ4v) is 2.50. The van der Waals surface area contributed by atoms with Crippen LogP contribution in [0.15, 0.2) is 32.6 Å². The van der Waals surface area contributed by atoms with E-state index in [4.69, 9.17) is 9.47 Å². The SMILES string of the molecule is CCc1cc(=O)[nH]c(N/N=C\c2ccc(OC)c(OC)c2Br)n1. The Morgan fingerprint density at radius 1 is 1.39 bits per heavy atom. The number of nitrogens with one attached hydrogen (secondary N) is 2. The van der Waals surface area contributed by atoms with E-state index in [-0.39, 0.29) is 5.56 Å². The molecule has 0 spiro atoms. The minimum atomic E-state index is -0.221. The molecule has 7 nitrogen and oxygen atoms in total. The molecule has 0 atom stereocenters. The number of hydrazone groups is 1. The number of halogens is 1. The van der Waals surface area contributed by atoms with Gasteiger partial charge in [-0.05, 0) is 34.5 Å². The zero-order valence-corrected chi connectivity index (χ0v) is 14.6. The van der Waals surface area contributed by atoms with Crippen molar-refractivity contribution in [3.63, 3.8) is 0 Å². The molecule has 0 unspecified atom stereocenters. The van der Waals surface area contributed by atoms with Gasteiger partial charge in [0.05, 0.1) is 24.9 Å². The summed E-state index contributed by atoms with van der Waals surface area (Å²) in [5.74, 6) is 1.49. The maximum absolute atomic E-state index is 11.5. The molecule has 1 aromatic carbocycles. The van der Waals surface area contributed by atoms with Crippen molar-refractivity contribution in [1.82, 2.24) is 9.97 Å². The fourth-order valence-electron chi connectivity index (χ4n) is 1.91. The van der Waals surface area contributed by atoms with Crippen LogP contribution < -0.4 is 20.5 Å². The number of nitrogens with zero attached hydrogens (tertiary/aromatic N) is 2. The van der Waals surface area contributed by atoms with Crippen LogP contribution in [0.3, 0.4) is 0 Å². The average molecular weight is 381 g/mol. The minimum absolute atomic E-state index is 0.221. The largest absolute Gasteiger partial charge is 0.493 e. The Kier molecular flexibility index (Phi) is 5.75. The molecule has 2 rings (SSSR count). The number of aryl methyl sites for hydroxylation is 1. The Morgan fingerprint density at radius 2 is 2.17 bits per heavy atom. The van der Waals surface area contributed by atoms with Gasteiger partial charge in [0.1, 0.15) is 0 Å². The zero-order chi connectivity index (χ0) is 16.8. The van der Waals surface area contributed by atoms with Gasteiger partial charge in [-0.1, -0.05) is 6.92 Å². The molecule has 0 fully saturated rings. The number of hydrogen-bond acceptors (Lipinski definition) is 6. The molecule has 0 saturated heterocycles. The standard InChI is InChI=1S/C15H17BrN4O3/c1-4-10-7-12(21)19-15(18-10)20-17-8-9-5-6-11(22-2)14(23-3)13(9)16/h5-8H,4H2,1-3H3,(H2,18,19,20,21)/b17-8-. The lowest BCUT2D eigenvalue weighted by molar-refractivity contribution is 0.353. The predicted molar refractivity (Wildman–Crippen MR) is 92.7 cm³/mol. The number of methoxy groups -OCH3 is 2. The molecule has 23 heavy (non-hydrogen) atoms. The Balaban J connectivity index is 2.21. The summed E-state index contributed by atoms with van der Waals surface area (Å²) in [6.07, 6.45) is 2.26. The average Bonchev–Trinajstić information content (AvgIpc) is 2.55. The molecule has 0 aliphatic carbocycles. The molecule has 2 aromatic rings. The molecule has 8 heteroatoms. The normalized spacial score (nSPS) is 10.8. The van der Waals surface area contributed by atoms with Gasteiger partial charge in [-0.25, -0.2) is 10.4 Å². The van der Waals surface area contributed by atoms with Crippen LogP contribution in [0.5, 0.6) is 11.5 Å². The lowest BCUT2D eigenvalue weighted by atomic mass is 10.2. The van der Waals surface area contributed by atoms with Crippen LogP contribution in [-0.4, -0.2) is 30.4 Å². The molecule has 1 heterocycles. The number of aromatic amines is 1. The second-order valence-electron chi connectivity index (χ2n) is 4.51. The van der Waals surface area contributed by atoms with Crippen LogP contribution in [0.1, 0.15) is 18.2 Å². The van der Waals surface area contributed by atoms with E-state index in [0.717, 1.165) is 5.56 Å². The van der Waals surface area contributed by atoms with Crippen molar-refractivity contribution in [3.05, 3.63) is 44.3 Å². The molecule has 0 bridgehead atoms. The maximum Gasteiger partial charge on any atom is 0.252 e. The van der Waals surface area contributed by atoms with Crippen LogP contribution in [0, 0.1) is 0 Å². The number of benzene rings is 1. The van der Waals surface area contributed by atoms with E-state index >= 15 is 0 Å². The highest BCUT2D eigenvalue weighted by atomic mass is 79.9. The van der Waals surface area contributed by atoms with E-state index in [1.165, 1.54) is 6.07 Å². The Hall–Kier alpha value is -2.35. The van der Waals surface area contributed by atoms with Gasteiger partial charge in [0.2, 0.25) is 5.95 Å². The van der Waals surface area contributed by atoms with Crippen molar-refractivity contribution in [3.8, 4) is 11.5 Å². The summed E-state index contributed by atoms with van der Waals surface area (Å²) in [5.41, 5.74) is 3.97. The third-order valence-electron chi connectivity index (χ3n) is 3.05. The summed E-state index contributed by atoms with van der Waals surface area (Å²) in [5, 5.41) is 4.09. The van der Waals surface area contributed by atoms with Gasteiger partial charge >= 0.3 is 0 Å². The smallest absolute Gasteiger partial charge is 0.252 e. The number of ether oxygens (including phenoxy) is 2. The molecule has 0 aliphatic heterocycles. The highest BCUT2D eigenvalue weighted by Crippen LogP contribution is 2.36. The first-order valence-electron chi connectivity index (χ1n) is 6.88. The first-order valence-corrected chi connectivity index (χ1v) is 7.68. The summed E-state index contributed by atoms with van der Waals surface area (Å²) in [6, 6.07) is 5.07. The van der Waals surface area contributed by atoms with Gasteiger partial charge in [0.25, 0.3) is 5.56 Å². The van der Waals surface area contributed by atoms with Crippen molar-refractivity contribution >= 4 is 28.1 Å². The Labute approximate surface area is 141 Å². The first-order chi connectivity index (χ1) is 11.1. The molecule has 0 saturated carbocycles. The van der Waals surface area contributed by atoms with Crippen molar-refractivity contribution in [2.75, 3.05) is 19.6 Å². The van der Waals surface area contributed by atoms with E-state index in [0.29, 0.717) is 34.0 Å². The van der Waals surface area contributed by atoms with E-state index in [2.05, 4.69) is 36.4 Å². The van der Waals surface area contributed by atoms with Gasteiger partial charge in [-0.2, -0.15) is 5.10 Å². The monoisotopic (exact) mass is 380 g/mol. The number of rotatable bonds is 6. The van der Waals surface area contributed by atoms with Gasteiger partial charge in [-0.15, -0.1) is 0 Å². The summed E-state index contributed by atoms with van der Waals surface area (Å²) in [6.45, 7) is 1.93.